The summed E-state index contributed by atoms with van der Waals surface area (Å²) in [6.07, 6.45) is 22.5. The van der Waals surface area contributed by atoms with Crippen molar-refractivity contribution in [3.05, 3.63) is 0 Å². The van der Waals surface area contributed by atoms with Gasteiger partial charge in [-0.2, -0.15) is 0 Å². The minimum atomic E-state index is -0.128. The van der Waals surface area contributed by atoms with Crippen LogP contribution in [0.3, 0.4) is 0 Å². The van der Waals surface area contributed by atoms with Crippen LogP contribution in [0.1, 0.15) is 96.8 Å². The van der Waals surface area contributed by atoms with Crippen LogP contribution in [0.25, 0.3) is 0 Å². The second-order valence-corrected chi connectivity index (χ2v) is 9.53. The standard InChI is InChI=1S/C31H58O8/c1-3-5-6-7-8-9-10-11-12-13-14-15-16-17-31(32)39-30-29-38-28-27-37-26-25-36-24-23-35-22-21-34-20-19-33-18-4-2/h2H,3,5-30H2,1H3. The molecule has 0 amide bonds. The van der Waals surface area contributed by atoms with Crippen molar-refractivity contribution in [2.75, 3.05) is 85.9 Å². The lowest BCUT2D eigenvalue weighted by Gasteiger charge is -2.08. The second kappa shape index (κ2) is 34.8. The summed E-state index contributed by atoms with van der Waals surface area (Å²) in [5.74, 6) is 2.27. The molecule has 0 aliphatic heterocycles. The van der Waals surface area contributed by atoms with E-state index in [1.54, 1.807) is 0 Å². The molecule has 8 nitrogen and oxygen atoms in total. The Labute approximate surface area is 239 Å². The monoisotopic (exact) mass is 558 g/mol. The molecule has 0 aromatic rings. The molecule has 0 saturated heterocycles. The normalized spacial score (nSPS) is 11.1. The Morgan fingerprint density at radius 2 is 0.821 bits per heavy atom. The van der Waals surface area contributed by atoms with Crippen LogP contribution in [-0.2, 0) is 38.0 Å². The Balaban J connectivity index is 3.14. The van der Waals surface area contributed by atoms with Crippen molar-refractivity contribution >= 4 is 5.97 Å². The van der Waals surface area contributed by atoms with E-state index in [1.807, 2.05) is 0 Å². The average molecular weight is 559 g/mol. The zero-order valence-corrected chi connectivity index (χ0v) is 24.9. The predicted octanol–water partition coefficient (Wildman–Crippen LogP) is 5.74. The van der Waals surface area contributed by atoms with Crippen LogP contribution in [0.4, 0.5) is 0 Å². The number of carbonyl (C=O) groups is 1. The van der Waals surface area contributed by atoms with Gasteiger partial charge in [0.15, 0.2) is 0 Å². The van der Waals surface area contributed by atoms with Crippen molar-refractivity contribution in [1.29, 1.82) is 0 Å². The van der Waals surface area contributed by atoms with Crippen molar-refractivity contribution in [2.45, 2.75) is 96.8 Å². The molecule has 0 spiro atoms. The van der Waals surface area contributed by atoms with Crippen LogP contribution in [0.5, 0.6) is 0 Å². The molecular weight excluding hydrogens is 500 g/mol. The van der Waals surface area contributed by atoms with Crippen LogP contribution < -0.4 is 0 Å². The first-order valence-corrected chi connectivity index (χ1v) is 15.4. The highest BCUT2D eigenvalue weighted by Gasteiger charge is 2.03. The topological polar surface area (TPSA) is 81.7 Å². The molecule has 0 aliphatic rings. The molecule has 39 heavy (non-hydrogen) atoms. The van der Waals surface area contributed by atoms with E-state index in [2.05, 4.69) is 12.8 Å². The molecule has 8 heteroatoms. The number of carbonyl (C=O) groups excluding carboxylic acids is 1. The maximum absolute atomic E-state index is 11.8. The Bertz CT molecular complexity index is 523. The van der Waals surface area contributed by atoms with E-state index in [-0.39, 0.29) is 5.97 Å². The van der Waals surface area contributed by atoms with Gasteiger partial charge in [-0.3, -0.25) is 4.79 Å². The Kier molecular flexibility index (Phi) is 33.7. The van der Waals surface area contributed by atoms with Gasteiger partial charge >= 0.3 is 5.97 Å². The van der Waals surface area contributed by atoms with E-state index in [0.717, 1.165) is 12.8 Å². The average Bonchev–Trinajstić information content (AvgIpc) is 2.94. The molecule has 0 saturated carbocycles. The third-order valence-electron chi connectivity index (χ3n) is 6.02. The summed E-state index contributed by atoms with van der Waals surface area (Å²) < 4.78 is 37.4. The highest BCUT2D eigenvalue weighted by Crippen LogP contribution is 2.13. The molecule has 0 aromatic heterocycles. The SMILES string of the molecule is C#CCOCCOCCOCCOCCOCCOCCOC(=O)CCCCCCCCCCCCCCC. The fraction of sp³-hybridized carbons (Fsp3) is 0.903. The summed E-state index contributed by atoms with van der Waals surface area (Å²) in [7, 11) is 0. The minimum absolute atomic E-state index is 0.128. The molecule has 0 aliphatic carbocycles. The van der Waals surface area contributed by atoms with E-state index in [4.69, 9.17) is 39.6 Å². The van der Waals surface area contributed by atoms with Crippen LogP contribution in [0.2, 0.25) is 0 Å². The molecule has 0 unspecified atom stereocenters. The van der Waals surface area contributed by atoms with E-state index in [0.29, 0.717) is 92.3 Å². The molecule has 0 radical (unpaired) electrons. The first kappa shape index (κ1) is 37.8. The number of rotatable bonds is 33. The molecule has 0 N–H and O–H groups in total. The summed E-state index contributed by atoms with van der Waals surface area (Å²) in [6.45, 7) is 8.26. The van der Waals surface area contributed by atoms with Gasteiger partial charge in [0, 0.05) is 6.42 Å². The molecule has 0 rings (SSSR count). The van der Waals surface area contributed by atoms with Gasteiger partial charge in [0.05, 0.1) is 72.7 Å². The van der Waals surface area contributed by atoms with Crippen LogP contribution >= 0.6 is 0 Å². The summed E-state index contributed by atoms with van der Waals surface area (Å²) >= 11 is 0. The lowest BCUT2D eigenvalue weighted by Crippen LogP contribution is -2.15. The Morgan fingerprint density at radius 1 is 0.487 bits per heavy atom. The van der Waals surface area contributed by atoms with Gasteiger partial charge in [-0.15, -0.1) is 6.42 Å². The van der Waals surface area contributed by atoms with Crippen molar-refractivity contribution in [1.82, 2.24) is 0 Å². The van der Waals surface area contributed by atoms with E-state index in [1.165, 1.54) is 70.6 Å². The first-order valence-electron chi connectivity index (χ1n) is 15.4. The quantitative estimate of drug-likeness (QED) is 0.0573. The van der Waals surface area contributed by atoms with Crippen molar-refractivity contribution in [3.8, 4) is 12.3 Å². The highest BCUT2D eigenvalue weighted by atomic mass is 16.6. The van der Waals surface area contributed by atoms with Crippen LogP contribution in [0.15, 0.2) is 0 Å². The molecular formula is C31H58O8. The summed E-state index contributed by atoms with van der Waals surface area (Å²) in [6, 6.07) is 0. The maximum Gasteiger partial charge on any atom is 0.305 e. The fourth-order valence-corrected chi connectivity index (χ4v) is 3.80. The van der Waals surface area contributed by atoms with E-state index < -0.39 is 0 Å². The molecule has 230 valence electrons. The number of unbranched alkanes of at least 4 members (excludes halogenated alkanes) is 12. The fourth-order valence-electron chi connectivity index (χ4n) is 3.80. The molecule has 0 bridgehead atoms. The summed E-state index contributed by atoms with van der Waals surface area (Å²) in [5, 5.41) is 0. The van der Waals surface area contributed by atoms with E-state index in [9.17, 15) is 4.79 Å². The summed E-state index contributed by atoms with van der Waals surface area (Å²) in [4.78, 5) is 11.8. The number of esters is 1. The van der Waals surface area contributed by atoms with Crippen LogP contribution in [0, 0.1) is 12.3 Å². The maximum atomic E-state index is 11.8. The Morgan fingerprint density at radius 3 is 1.21 bits per heavy atom. The van der Waals surface area contributed by atoms with Gasteiger partial charge in [0.25, 0.3) is 0 Å². The zero-order valence-electron chi connectivity index (χ0n) is 24.9. The third kappa shape index (κ3) is 34.8. The molecule has 0 aromatic carbocycles. The van der Waals surface area contributed by atoms with Gasteiger partial charge in [-0.1, -0.05) is 89.9 Å². The largest absolute Gasteiger partial charge is 0.463 e. The lowest BCUT2D eigenvalue weighted by atomic mass is 10.0. The highest BCUT2D eigenvalue weighted by molar-refractivity contribution is 5.69. The van der Waals surface area contributed by atoms with Crippen molar-refractivity contribution in [3.63, 3.8) is 0 Å². The van der Waals surface area contributed by atoms with Gasteiger partial charge < -0.3 is 33.2 Å². The minimum Gasteiger partial charge on any atom is -0.463 e. The molecule has 0 atom stereocenters. The summed E-state index contributed by atoms with van der Waals surface area (Å²) in [5.41, 5.74) is 0. The smallest absolute Gasteiger partial charge is 0.305 e. The number of terminal acetylenes is 1. The lowest BCUT2D eigenvalue weighted by molar-refractivity contribution is -0.145. The number of hydrogen-bond acceptors (Lipinski definition) is 8. The molecule has 0 heterocycles. The third-order valence-corrected chi connectivity index (χ3v) is 6.02. The zero-order chi connectivity index (χ0) is 28.3. The van der Waals surface area contributed by atoms with Crippen molar-refractivity contribution < 1.29 is 38.0 Å². The van der Waals surface area contributed by atoms with Gasteiger partial charge in [0.2, 0.25) is 0 Å². The second-order valence-electron chi connectivity index (χ2n) is 9.53. The predicted molar refractivity (Wildman–Crippen MR) is 155 cm³/mol. The number of hydrogen-bond donors (Lipinski definition) is 0. The van der Waals surface area contributed by atoms with Gasteiger partial charge in [0.1, 0.15) is 13.2 Å². The first-order chi connectivity index (χ1) is 19.3. The van der Waals surface area contributed by atoms with Crippen molar-refractivity contribution in [2.24, 2.45) is 0 Å². The van der Waals surface area contributed by atoms with Gasteiger partial charge in [-0.05, 0) is 6.42 Å². The Hall–Kier alpha value is -1.21. The van der Waals surface area contributed by atoms with Crippen LogP contribution in [-0.4, -0.2) is 91.9 Å². The van der Waals surface area contributed by atoms with E-state index >= 15 is 0 Å². The number of ether oxygens (including phenoxy) is 7. The van der Waals surface area contributed by atoms with Gasteiger partial charge in [-0.25, -0.2) is 0 Å². The molecule has 0 fully saturated rings.